The molecule has 0 radical (unpaired) electrons. The number of rotatable bonds is 2. The summed E-state index contributed by atoms with van der Waals surface area (Å²) in [5.41, 5.74) is 2.60. The summed E-state index contributed by atoms with van der Waals surface area (Å²) < 4.78 is 5.72. The average molecular weight is 180 g/mol. The zero-order chi connectivity index (χ0) is 10.0. The van der Waals surface area contributed by atoms with E-state index in [0.29, 0.717) is 0 Å². The van der Waals surface area contributed by atoms with Crippen molar-refractivity contribution in [2.75, 3.05) is 6.61 Å². The molecule has 1 atom stereocenters. The molecule has 1 aromatic rings. The Labute approximate surface area is 94.4 Å². The number of fused-ring (bicyclic) bond motifs is 1. The van der Waals surface area contributed by atoms with Gasteiger partial charge < -0.3 is 0 Å². The maximum absolute atomic E-state index is 5.85. The number of hydrogen-bond donors (Lipinski definition) is 0. The van der Waals surface area contributed by atoms with Crippen LogP contribution in [0, 0.1) is 0 Å². The van der Waals surface area contributed by atoms with Crippen molar-refractivity contribution in [2.45, 2.75) is 17.6 Å². The van der Waals surface area contributed by atoms with Crippen molar-refractivity contribution >= 4 is 23.8 Å². The molecule has 0 saturated carbocycles. The van der Waals surface area contributed by atoms with Crippen LogP contribution in [-0.4, -0.2) is 24.3 Å². The predicted molar refractivity (Wildman–Crippen MR) is 59.2 cm³/mol. The number of benzene rings is 1. The molecule has 0 saturated heterocycles. The fourth-order valence-electron chi connectivity index (χ4n) is 2.10. The fourth-order valence-corrected chi connectivity index (χ4v) is 2.10. The first-order valence-corrected chi connectivity index (χ1v) is 5.16. The molecule has 68 valence electrons. The second-order valence-corrected chi connectivity index (χ2v) is 3.86. The Morgan fingerprint density at radius 1 is 1.43 bits per heavy atom. The van der Waals surface area contributed by atoms with E-state index in [9.17, 15) is 0 Å². The first-order valence-electron chi connectivity index (χ1n) is 5.16. The van der Waals surface area contributed by atoms with Gasteiger partial charge in [-0.1, -0.05) is 0 Å². The van der Waals surface area contributed by atoms with Gasteiger partial charge in [-0.3, -0.25) is 0 Å². The van der Waals surface area contributed by atoms with Crippen LogP contribution in [0.25, 0.3) is 6.08 Å². The van der Waals surface area contributed by atoms with E-state index < -0.39 is 0 Å². The third-order valence-corrected chi connectivity index (χ3v) is 2.80. The van der Waals surface area contributed by atoms with E-state index in [1.54, 1.807) is 0 Å². The summed E-state index contributed by atoms with van der Waals surface area (Å²) in [6, 6.07) is 8.45. The molecule has 1 aliphatic rings. The molecule has 0 bridgehead atoms. The Morgan fingerprint density at radius 3 is 3.00 bits per heavy atom. The van der Waals surface area contributed by atoms with Crippen LogP contribution in [0.4, 0.5) is 0 Å². The molecule has 2 heteroatoms. The summed E-state index contributed by atoms with van der Waals surface area (Å²) >= 11 is 2.17. The molecule has 1 aromatic carbocycles. The second-order valence-electron chi connectivity index (χ2n) is 3.86. The van der Waals surface area contributed by atoms with Crippen molar-refractivity contribution in [1.29, 1.82) is 0 Å². The van der Waals surface area contributed by atoms with Gasteiger partial charge in [0.25, 0.3) is 0 Å². The van der Waals surface area contributed by atoms with E-state index in [4.69, 9.17) is 4.74 Å². The Bertz CT molecular complexity index is 359. The van der Waals surface area contributed by atoms with Gasteiger partial charge in [-0.2, -0.15) is 0 Å². The van der Waals surface area contributed by atoms with E-state index in [0.717, 1.165) is 13.0 Å². The van der Waals surface area contributed by atoms with Crippen LogP contribution in [0.1, 0.15) is 24.5 Å². The van der Waals surface area contributed by atoms with Crippen molar-refractivity contribution < 1.29 is 4.74 Å². The molecule has 0 amide bonds. The quantitative estimate of drug-likeness (QED) is 0.635. The van der Waals surface area contributed by atoms with Gasteiger partial charge in [0, 0.05) is 0 Å². The minimum atomic E-state index is -0.125. The van der Waals surface area contributed by atoms with E-state index in [1.807, 2.05) is 6.92 Å². The molecular formula is C12H13LiO. The van der Waals surface area contributed by atoms with Crippen molar-refractivity contribution in [1.82, 2.24) is 0 Å². The van der Waals surface area contributed by atoms with Gasteiger partial charge in [-0.15, -0.1) is 0 Å². The molecule has 1 unspecified atom stereocenters. The Hall–Kier alpha value is -0.483. The normalized spacial score (nSPS) is 24.8. The van der Waals surface area contributed by atoms with E-state index >= 15 is 0 Å². The van der Waals surface area contributed by atoms with Gasteiger partial charge in [0.1, 0.15) is 0 Å². The first kappa shape index (κ1) is 10.0. The molecule has 0 heterocycles. The van der Waals surface area contributed by atoms with E-state index in [1.165, 1.54) is 11.1 Å². The average Bonchev–Trinajstić information content (AvgIpc) is 2.19. The number of hydrogen-bond acceptors (Lipinski definition) is 1. The van der Waals surface area contributed by atoms with E-state index in [-0.39, 0.29) is 4.27 Å². The molecule has 0 aromatic heterocycles. The van der Waals surface area contributed by atoms with E-state index in [2.05, 4.69) is 54.1 Å². The van der Waals surface area contributed by atoms with Crippen LogP contribution >= 0.6 is 0 Å². The molecule has 2 rings (SSSR count). The van der Waals surface area contributed by atoms with Gasteiger partial charge in [-0.25, -0.2) is 0 Å². The van der Waals surface area contributed by atoms with Gasteiger partial charge in [-0.05, 0) is 0 Å². The molecule has 0 spiro atoms. The number of ether oxygens (including phenoxy) is 1. The molecule has 14 heavy (non-hydrogen) atoms. The van der Waals surface area contributed by atoms with Gasteiger partial charge in [0.2, 0.25) is 0 Å². The van der Waals surface area contributed by atoms with Crippen LogP contribution in [0.15, 0.2) is 30.3 Å². The maximum atomic E-state index is 5.85. The van der Waals surface area contributed by atoms with Crippen LogP contribution in [0.2, 0.25) is 0 Å². The van der Waals surface area contributed by atoms with Gasteiger partial charge in [0.15, 0.2) is 0 Å². The van der Waals surface area contributed by atoms with Crippen LogP contribution in [0.5, 0.6) is 0 Å². The summed E-state index contributed by atoms with van der Waals surface area (Å²) in [6.07, 6.45) is 5.34. The zero-order valence-corrected chi connectivity index (χ0v) is 8.79. The van der Waals surface area contributed by atoms with Crippen LogP contribution in [0.3, 0.4) is 0 Å². The molecule has 0 fully saturated rings. The van der Waals surface area contributed by atoms with Crippen LogP contribution in [-0.2, 0) is 9.01 Å². The first-order chi connectivity index (χ1) is 6.76. The van der Waals surface area contributed by atoms with Crippen LogP contribution < -0.4 is 0 Å². The molecular weight excluding hydrogens is 167 g/mol. The minimum absolute atomic E-state index is 0.125. The van der Waals surface area contributed by atoms with Crippen molar-refractivity contribution in [2.24, 2.45) is 0 Å². The van der Waals surface area contributed by atoms with Gasteiger partial charge in [0.05, 0.1) is 0 Å². The summed E-state index contributed by atoms with van der Waals surface area (Å²) in [6.45, 7) is 2.81. The Balaban J connectivity index is 2.44. The van der Waals surface area contributed by atoms with Gasteiger partial charge >= 0.3 is 94.2 Å². The molecule has 0 aliphatic heterocycles. The van der Waals surface area contributed by atoms with Crippen molar-refractivity contribution in [3.63, 3.8) is 0 Å². The van der Waals surface area contributed by atoms with Crippen molar-refractivity contribution in [3.05, 3.63) is 41.5 Å². The molecule has 1 nitrogen and oxygen atoms in total. The molecule has 1 aliphatic carbocycles. The summed E-state index contributed by atoms with van der Waals surface area (Å²) in [4.78, 5) is 0. The van der Waals surface area contributed by atoms with Crippen molar-refractivity contribution in [3.8, 4) is 0 Å². The fraction of sp³-hybridized carbons (Fsp3) is 0.333. The standard InChI is InChI=1S/C12H13O.Li/c1-2-13-12-9-5-7-10-6-3-4-8-11(10)12;/h3-8H,2,9H2,1H3;. The third-order valence-electron chi connectivity index (χ3n) is 2.80. The zero-order valence-electron chi connectivity index (χ0n) is 8.79. The summed E-state index contributed by atoms with van der Waals surface area (Å²) in [5, 5.41) is 0. The second kappa shape index (κ2) is 3.94. The molecule has 0 N–H and O–H groups in total. The third kappa shape index (κ3) is 1.68. The monoisotopic (exact) mass is 180 g/mol. The summed E-state index contributed by atoms with van der Waals surface area (Å²) in [7, 11) is 0. The SMILES string of the molecule is [Li][C]1(OCC)CC=Cc2ccccc21. The topological polar surface area (TPSA) is 9.23 Å². The Kier molecular flexibility index (Phi) is 2.83. The summed E-state index contributed by atoms with van der Waals surface area (Å²) in [5.74, 6) is 0. The Morgan fingerprint density at radius 2 is 2.21 bits per heavy atom. The predicted octanol–water partition coefficient (Wildman–Crippen LogP) is 2.46.